The molecule has 4 saturated carbocycles. The van der Waals surface area contributed by atoms with Crippen LogP contribution in [-0.4, -0.2) is 5.54 Å². The van der Waals surface area contributed by atoms with Gasteiger partial charge in [-0.3, -0.25) is 0 Å². The predicted molar refractivity (Wildman–Crippen MR) is 84.7 cm³/mol. The Morgan fingerprint density at radius 3 is 2.33 bits per heavy atom. The molecule has 0 aromatic heterocycles. The molecule has 21 heavy (non-hydrogen) atoms. The van der Waals surface area contributed by atoms with Crippen LogP contribution in [0.15, 0.2) is 18.2 Å². The molecule has 5 rings (SSSR count). The molecule has 1 aromatic rings. The van der Waals surface area contributed by atoms with E-state index < -0.39 is 0 Å². The quantitative estimate of drug-likeness (QED) is 0.830. The molecule has 0 heterocycles. The second-order valence-corrected chi connectivity index (χ2v) is 7.57. The van der Waals surface area contributed by atoms with Crippen molar-refractivity contribution in [3.63, 3.8) is 0 Å². The third-order valence-electron chi connectivity index (χ3n) is 5.86. The lowest BCUT2D eigenvalue weighted by Crippen LogP contribution is -2.54. The first-order valence-corrected chi connectivity index (χ1v) is 8.19. The van der Waals surface area contributed by atoms with Gasteiger partial charge >= 0.3 is 0 Å². The number of nitrogens with one attached hydrogen (secondary N) is 1. The van der Waals surface area contributed by atoms with Crippen LogP contribution >= 0.6 is 0 Å². The van der Waals surface area contributed by atoms with Crippen molar-refractivity contribution < 1.29 is 0 Å². The molecule has 3 N–H and O–H groups in total. The Balaban J connectivity index is 1.58. The van der Waals surface area contributed by atoms with Gasteiger partial charge in [0, 0.05) is 16.9 Å². The van der Waals surface area contributed by atoms with Gasteiger partial charge in [-0.25, -0.2) is 0 Å². The van der Waals surface area contributed by atoms with Crippen molar-refractivity contribution in [2.75, 3.05) is 11.1 Å². The summed E-state index contributed by atoms with van der Waals surface area (Å²) in [6, 6.07) is 8.30. The summed E-state index contributed by atoms with van der Waals surface area (Å²) in [5.41, 5.74) is 9.10. The molecule has 0 amide bonds. The van der Waals surface area contributed by atoms with Gasteiger partial charge in [0.1, 0.15) is 0 Å². The normalized spacial score (nSPS) is 36.4. The first-order chi connectivity index (χ1) is 10.2. The highest BCUT2D eigenvalue weighted by Crippen LogP contribution is 2.56. The van der Waals surface area contributed by atoms with E-state index in [1.807, 2.05) is 6.07 Å². The van der Waals surface area contributed by atoms with Gasteiger partial charge in [-0.15, -0.1) is 0 Å². The standard InChI is InChI=1S/C18H23N3/c19-4-3-15-8-16(1-2-17(15)20)21-18-9-12-5-13(10-18)7-14(6-12)11-18/h1-2,8,12-14,21H,3,5-7,9-11,20H2. The van der Waals surface area contributed by atoms with Crippen molar-refractivity contribution in [3.8, 4) is 6.07 Å². The minimum absolute atomic E-state index is 0.314. The van der Waals surface area contributed by atoms with Crippen LogP contribution in [0.4, 0.5) is 11.4 Å². The number of nitrogens with two attached hydrogens (primary N) is 1. The van der Waals surface area contributed by atoms with Crippen LogP contribution in [0.3, 0.4) is 0 Å². The SMILES string of the molecule is N#CCc1cc(NC23CC4CC(CC(C4)C2)C3)ccc1N. The molecule has 3 heteroatoms. The van der Waals surface area contributed by atoms with Gasteiger partial charge in [-0.1, -0.05) is 0 Å². The van der Waals surface area contributed by atoms with E-state index in [0.29, 0.717) is 12.0 Å². The highest BCUT2D eigenvalue weighted by Gasteiger charge is 2.50. The van der Waals surface area contributed by atoms with E-state index in [4.69, 9.17) is 11.0 Å². The maximum atomic E-state index is 8.91. The fraction of sp³-hybridized carbons (Fsp3) is 0.611. The Hall–Kier alpha value is -1.69. The van der Waals surface area contributed by atoms with Gasteiger partial charge in [0.05, 0.1) is 12.5 Å². The molecule has 0 atom stereocenters. The van der Waals surface area contributed by atoms with Crippen molar-refractivity contribution in [2.24, 2.45) is 17.8 Å². The summed E-state index contributed by atoms with van der Waals surface area (Å²) >= 11 is 0. The van der Waals surface area contributed by atoms with Crippen LogP contribution < -0.4 is 11.1 Å². The molecule has 4 aliphatic rings. The highest BCUT2D eigenvalue weighted by atomic mass is 15.0. The van der Waals surface area contributed by atoms with E-state index in [1.54, 1.807) is 0 Å². The van der Waals surface area contributed by atoms with E-state index in [-0.39, 0.29) is 0 Å². The van der Waals surface area contributed by atoms with E-state index in [0.717, 1.165) is 34.7 Å². The van der Waals surface area contributed by atoms with Crippen LogP contribution in [0, 0.1) is 29.1 Å². The van der Waals surface area contributed by atoms with E-state index >= 15 is 0 Å². The van der Waals surface area contributed by atoms with Crippen molar-refractivity contribution in [2.45, 2.75) is 50.5 Å². The third kappa shape index (κ3) is 2.27. The van der Waals surface area contributed by atoms with Crippen molar-refractivity contribution in [1.29, 1.82) is 5.26 Å². The smallest absolute Gasteiger partial charge is 0.0670 e. The lowest BCUT2D eigenvalue weighted by molar-refractivity contribution is 0.0107. The Morgan fingerprint density at radius 1 is 1.14 bits per heavy atom. The van der Waals surface area contributed by atoms with Gasteiger partial charge in [0.2, 0.25) is 0 Å². The summed E-state index contributed by atoms with van der Waals surface area (Å²) in [5, 5.41) is 12.8. The number of hydrogen-bond donors (Lipinski definition) is 2. The molecule has 4 fully saturated rings. The van der Waals surface area contributed by atoms with Gasteiger partial charge in [0.25, 0.3) is 0 Å². The van der Waals surface area contributed by atoms with Crippen molar-refractivity contribution in [3.05, 3.63) is 23.8 Å². The summed E-state index contributed by atoms with van der Waals surface area (Å²) in [4.78, 5) is 0. The van der Waals surface area contributed by atoms with Gasteiger partial charge < -0.3 is 11.1 Å². The number of hydrogen-bond acceptors (Lipinski definition) is 3. The van der Waals surface area contributed by atoms with E-state index in [1.165, 1.54) is 38.5 Å². The molecule has 0 unspecified atom stereocenters. The molecular weight excluding hydrogens is 258 g/mol. The molecule has 0 saturated heterocycles. The predicted octanol–water partition coefficient (Wildman–Crippen LogP) is 3.72. The summed E-state index contributed by atoms with van der Waals surface area (Å²) < 4.78 is 0. The monoisotopic (exact) mass is 281 g/mol. The zero-order valence-corrected chi connectivity index (χ0v) is 12.4. The Kier molecular flexibility index (Phi) is 2.89. The summed E-state index contributed by atoms with van der Waals surface area (Å²) in [6.45, 7) is 0. The van der Waals surface area contributed by atoms with Crippen LogP contribution in [0.2, 0.25) is 0 Å². The van der Waals surface area contributed by atoms with E-state index in [2.05, 4.69) is 23.5 Å². The van der Waals surface area contributed by atoms with Crippen LogP contribution in [0.5, 0.6) is 0 Å². The molecule has 0 spiro atoms. The summed E-state index contributed by atoms with van der Waals surface area (Å²) in [7, 11) is 0. The number of anilines is 2. The topological polar surface area (TPSA) is 61.8 Å². The van der Waals surface area contributed by atoms with E-state index in [9.17, 15) is 0 Å². The second-order valence-electron chi connectivity index (χ2n) is 7.57. The first-order valence-electron chi connectivity index (χ1n) is 8.19. The minimum atomic E-state index is 0.314. The van der Waals surface area contributed by atoms with Crippen LogP contribution in [-0.2, 0) is 6.42 Å². The zero-order chi connectivity index (χ0) is 14.4. The van der Waals surface area contributed by atoms with Gasteiger partial charge in [-0.2, -0.15) is 5.26 Å². The molecule has 110 valence electrons. The largest absolute Gasteiger partial charge is 0.398 e. The number of nitrogen functional groups attached to an aromatic ring is 1. The Labute approximate surface area is 126 Å². The summed E-state index contributed by atoms with van der Waals surface area (Å²) in [5.74, 6) is 2.82. The number of nitrogens with zero attached hydrogens (tertiary/aromatic N) is 1. The minimum Gasteiger partial charge on any atom is -0.398 e. The number of nitriles is 1. The third-order valence-corrected chi connectivity index (χ3v) is 5.86. The number of benzene rings is 1. The maximum absolute atomic E-state index is 8.91. The van der Waals surface area contributed by atoms with Gasteiger partial charge in [-0.05, 0) is 80.0 Å². The molecule has 4 aliphatic carbocycles. The number of rotatable bonds is 3. The molecular formula is C18H23N3. The molecule has 3 nitrogen and oxygen atoms in total. The summed E-state index contributed by atoms with van der Waals surface area (Å²) in [6.07, 6.45) is 8.76. The fourth-order valence-electron chi connectivity index (χ4n) is 5.49. The molecule has 1 aromatic carbocycles. The van der Waals surface area contributed by atoms with Gasteiger partial charge in [0.15, 0.2) is 0 Å². The van der Waals surface area contributed by atoms with Crippen molar-refractivity contribution in [1.82, 2.24) is 0 Å². The Bertz CT molecular complexity index is 564. The molecule has 0 radical (unpaired) electrons. The fourth-order valence-corrected chi connectivity index (χ4v) is 5.49. The second kappa shape index (κ2) is 4.66. The molecule has 0 aliphatic heterocycles. The lowest BCUT2D eigenvalue weighted by atomic mass is 9.53. The highest BCUT2D eigenvalue weighted by molar-refractivity contribution is 5.59. The average Bonchev–Trinajstić information content (AvgIpc) is 2.41. The van der Waals surface area contributed by atoms with Crippen LogP contribution in [0.25, 0.3) is 0 Å². The Morgan fingerprint density at radius 2 is 1.76 bits per heavy atom. The maximum Gasteiger partial charge on any atom is 0.0670 e. The zero-order valence-electron chi connectivity index (χ0n) is 12.4. The van der Waals surface area contributed by atoms with Crippen molar-refractivity contribution >= 4 is 11.4 Å². The lowest BCUT2D eigenvalue weighted by Gasteiger charge is -2.57. The molecule has 4 bridgehead atoms. The first kappa shape index (κ1) is 13.0. The van der Waals surface area contributed by atoms with Crippen LogP contribution in [0.1, 0.15) is 44.1 Å². The average molecular weight is 281 g/mol.